The highest BCUT2D eigenvalue weighted by Crippen LogP contribution is 2.32. The Kier molecular flexibility index (Phi) is 6.62. The maximum Gasteiger partial charge on any atom is 0.407 e. The number of carbonyl (C=O) groups is 1. The number of aliphatic hydroxyl groups excluding tert-OH is 1. The molecule has 0 saturated carbocycles. The van der Waals surface area contributed by atoms with Crippen molar-refractivity contribution >= 4 is 23.6 Å². The molecule has 2 aromatic carbocycles. The molecule has 0 aliphatic carbocycles. The van der Waals surface area contributed by atoms with Gasteiger partial charge in [0.25, 0.3) is 0 Å². The average Bonchev–Trinajstić information content (AvgIpc) is 3.22. The van der Waals surface area contributed by atoms with Crippen LogP contribution in [0, 0.1) is 0 Å². The molecule has 1 fully saturated rings. The van der Waals surface area contributed by atoms with Crippen molar-refractivity contribution in [2.24, 2.45) is 0 Å². The first-order chi connectivity index (χ1) is 15.5. The molecule has 2 N–H and O–H groups in total. The highest BCUT2D eigenvalue weighted by molar-refractivity contribution is 6.30. The molecule has 1 aromatic heterocycles. The van der Waals surface area contributed by atoms with Gasteiger partial charge in [0.15, 0.2) is 5.82 Å². The number of piperidine rings is 1. The van der Waals surface area contributed by atoms with Crippen LogP contribution in [0.2, 0.25) is 5.02 Å². The number of hydrogen-bond acceptors (Lipinski definition) is 5. The van der Waals surface area contributed by atoms with Crippen LogP contribution in [0.25, 0.3) is 5.69 Å². The van der Waals surface area contributed by atoms with Gasteiger partial charge in [-0.15, -0.1) is 10.2 Å². The van der Waals surface area contributed by atoms with Gasteiger partial charge in [-0.1, -0.05) is 41.9 Å². The zero-order chi connectivity index (χ0) is 22.7. The van der Waals surface area contributed by atoms with Crippen molar-refractivity contribution in [1.29, 1.82) is 0 Å². The van der Waals surface area contributed by atoms with Crippen LogP contribution in [0.1, 0.15) is 35.7 Å². The summed E-state index contributed by atoms with van der Waals surface area (Å²) in [5.41, 5.74) is 2.66. The molecular weight excluding hydrogens is 430 g/mol. The fraction of sp³-hybridized carbons (Fsp3) is 0.348. The number of hydrogen-bond donors (Lipinski definition) is 2. The van der Waals surface area contributed by atoms with Gasteiger partial charge in [-0.3, -0.25) is 4.57 Å². The molecule has 8 nitrogen and oxygen atoms in total. The number of benzene rings is 2. The summed E-state index contributed by atoms with van der Waals surface area (Å²) in [4.78, 5) is 14.7. The number of anilines is 1. The Morgan fingerprint density at radius 3 is 2.53 bits per heavy atom. The van der Waals surface area contributed by atoms with Crippen LogP contribution < -0.4 is 4.90 Å². The van der Waals surface area contributed by atoms with Gasteiger partial charge in [0.2, 0.25) is 5.95 Å². The van der Waals surface area contributed by atoms with E-state index in [1.54, 1.807) is 12.1 Å². The van der Waals surface area contributed by atoms with Crippen LogP contribution in [0.4, 0.5) is 10.7 Å². The molecule has 168 valence electrons. The van der Waals surface area contributed by atoms with Gasteiger partial charge >= 0.3 is 6.09 Å². The second-order valence-corrected chi connectivity index (χ2v) is 8.43. The molecule has 9 heteroatoms. The van der Waals surface area contributed by atoms with Crippen molar-refractivity contribution in [2.45, 2.75) is 31.9 Å². The van der Waals surface area contributed by atoms with Crippen molar-refractivity contribution in [3.05, 3.63) is 70.5 Å². The molecule has 0 unspecified atom stereocenters. The van der Waals surface area contributed by atoms with Crippen molar-refractivity contribution in [3.63, 3.8) is 0 Å². The Labute approximate surface area is 191 Å². The Bertz CT molecular complexity index is 1080. The summed E-state index contributed by atoms with van der Waals surface area (Å²) in [6.45, 7) is 1.46. The second-order valence-electron chi connectivity index (χ2n) is 7.99. The molecule has 1 aliphatic heterocycles. The lowest BCUT2D eigenvalue weighted by Crippen LogP contribution is -2.35. The van der Waals surface area contributed by atoms with E-state index < -0.39 is 6.09 Å². The van der Waals surface area contributed by atoms with E-state index in [0.717, 1.165) is 30.8 Å². The van der Waals surface area contributed by atoms with Crippen LogP contribution >= 0.6 is 11.6 Å². The Morgan fingerprint density at radius 2 is 1.88 bits per heavy atom. The van der Waals surface area contributed by atoms with Gasteiger partial charge in [-0.25, -0.2) is 4.79 Å². The van der Waals surface area contributed by atoms with E-state index >= 15 is 0 Å². The van der Waals surface area contributed by atoms with E-state index in [2.05, 4.69) is 39.4 Å². The van der Waals surface area contributed by atoms with Gasteiger partial charge in [0.1, 0.15) is 0 Å². The first-order valence-electron chi connectivity index (χ1n) is 10.6. The van der Waals surface area contributed by atoms with Crippen molar-refractivity contribution < 1.29 is 15.0 Å². The predicted octanol–water partition coefficient (Wildman–Crippen LogP) is 3.91. The standard InChI is InChI=1S/C23H26ClN5O3/c1-27(23(31)32)14-21-25-26-22(29(21)20-8-7-19(24)13-18(20)15-30)28-11-9-17(10-12-28)16-5-3-2-4-6-16/h2-8,13,17,30H,9-12,14-15H2,1H3,(H,31,32). The minimum atomic E-state index is -1.05. The van der Waals surface area contributed by atoms with Crippen molar-refractivity contribution in [1.82, 2.24) is 19.7 Å². The molecule has 4 rings (SSSR count). The topological polar surface area (TPSA) is 94.7 Å². The number of nitrogens with zero attached hydrogens (tertiary/aromatic N) is 5. The van der Waals surface area contributed by atoms with Crippen LogP contribution in [-0.2, 0) is 13.2 Å². The quantitative estimate of drug-likeness (QED) is 0.585. The Hall–Kier alpha value is -3.10. The second kappa shape index (κ2) is 9.58. The van der Waals surface area contributed by atoms with Crippen LogP contribution in [-0.4, -0.2) is 56.1 Å². The zero-order valence-corrected chi connectivity index (χ0v) is 18.6. The third-order valence-corrected chi connectivity index (χ3v) is 6.15. The summed E-state index contributed by atoms with van der Waals surface area (Å²) < 4.78 is 1.84. The number of aromatic nitrogens is 3. The SMILES string of the molecule is CN(Cc1nnc(N2CCC(c3ccccc3)CC2)n1-c1ccc(Cl)cc1CO)C(=O)O. The number of rotatable bonds is 6. The first kappa shape index (κ1) is 22.1. The smallest absolute Gasteiger partial charge is 0.407 e. The molecule has 1 amide bonds. The minimum Gasteiger partial charge on any atom is -0.465 e. The summed E-state index contributed by atoms with van der Waals surface area (Å²) in [5, 5.41) is 28.5. The van der Waals surface area contributed by atoms with E-state index in [-0.39, 0.29) is 13.2 Å². The zero-order valence-electron chi connectivity index (χ0n) is 17.9. The summed E-state index contributed by atoms with van der Waals surface area (Å²) in [6.07, 6.45) is 0.909. The van der Waals surface area contributed by atoms with Crippen LogP contribution in [0.3, 0.4) is 0 Å². The van der Waals surface area contributed by atoms with Gasteiger partial charge in [-0.2, -0.15) is 0 Å². The number of carboxylic acid groups (broad SMARTS) is 1. The predicted molar refractivity (Wildman–Crippen MR) is 122 cm³/mol. The summed E-state index contributed by atoms with van der Waals surface area (Å²) in [7, 11) is 1.49. The van der Waals surface area contributed by atoms with Crippen LogP contribution in [0.15, 0.2) is 48.5 Å². The van der Waals surface area contributed by atoms with E-state index in [1.165, 1.54) is 12.6 Å². The molecule has 3 aromatic rings. The van der Waals surface area contributed by atoms with Gasteiger partial charge < -0.3 is 20.0 Å². The van der Waals surface area contributed by atoms with E-state index in [1.807, 2.05) is 16.7 Å². The largest absolute Gasteiger partial charge is 0.465 e. The summed E-state index contributed by atoms with van der Waals surface area (Å²) >= 11 is 6.14. The fourth-order valence-electron chi connectivity index (χ4n) is 4.18. The average molecular weight is 456 g/mol. The monoisotopic (exact) mass is 455 g/mol. The van der Waals surface area contributed by atoms with E-state index in [9.17, 15) is 15.0 Å². The maximum atomic E-state index is 11.4. The highest BCUT2D eigenvalue weighted by atomic mass is 35.5. The third-order valence-electron chi connectivity index (χ3n) is 5.92. The summed E-state index contributed by atoms with van der Waals surface area (Å²) in [6, 6.07) is 15.8. The van der Waals surface area contributed by atoms with Gasteiger partial charge in [0, 0.05) is 30.7 Å². The minimum absolute atomic E-state index is 0.0658. The molecular formula is C23H26ClN5O3. The lowest BCUT2D eigenvalue weighted by molar-refractivity contribution is 0.152. The Morgan fingerprint density at radius 1 is 1.16 bits per heavy atom. The third kappa shape index (κ3) is 4.56. The molecule has 2 heterocycles. The van der Waals surface area contributed by atoms with Gasteiger partial charge in [0.05, 0.1) is 18.8 Å². The number of halogens is 1. The first-order valence-corrected chi connectivity index (χ1v) is 10.9. The van der Waals surface area contributed by atoms with E-state index in [0.29, 0.717) is 34.0 Å². The van der Waals surface area contributed by atoms with E-state index in [4.69, 9.17) is 11.6 Å². The summed E-state index contributed by atoms with van der Waals surface area (Å²) in [5.74, 6) is 1.61. The molecule has 0 atom stereocenters. The normalized spacial score (nSPS) is 14.5. The Balaban J connectivity index is 1.67. The van der Waals surface area contributed by atoms with Crippen LogP contribution in [0.5, 0.6) is 0 Å². The molecule has 32 heavy (non-hydrogen) atoms. The lowest BCUT2D eigenvalue weighted by Gasteiger charge is -2.33. The molecule has 0 radical (unpaired) electrons. The molecule has 0 spiro atoms. The van der Waals surface area contributed by atoms with Gasteiger partial charge in [-0.05, 0) is 42.5 Å². The number of amides is 1. The number of aliphatic hydroxyl groups is 1. The fourth-order valence-corrected chi connectivity index (χ4v) is 4.37. The van der Waals surface area contributed by atoms with Crippen molar-refractivity contribution in [3.8, 4) is 5.69 Å². The molecule has 1 saturated heterocycles. The van der Waals surface area contributed by atoms with Crippen molar-refractivity contribution in [2.75, 3.05) is 25.0 Å². The molecule has 0 bridgehead atoms. The maximum absolute atomic E-state index is 11.4. The highest BCUT2D eigenvalue weighted by Gasteiger charge is 2.27. The lowest BCUT2D eigenvalue weighted by atomic mass is 9.90. The molecule has 1 aliphatic rings.